The third-order valence-electron chi connectivity index (χ3n) is 3.97. The number of anilines is 1. The molecule has 0 bridgehead atoms. The summed E-state index contributed by atoms with van der Waals surface area (Å²) >= 11 is 1.58. The van der Waals surface area contributed by atoms with E-state index >= 15 is 0 Å². The van der Waals surface area contributed by atoms with Crippen molar-refractivity contribution in [1.29, 1.82) is 0 Å². The molecule has 0 saturated carbocycles. The lowest BCUT2D eigenvalue weighted by molar-refractivity contribution is 0.251. The highest BCUT2D eigenvalue weighted by molar-refractivity contribution is 7.15. The van der Waals surface area contributed by atoms with Crippen LogP contribution in [0.5, 0.6) is 5.88 Å². The van der Waals surface area contributed by atoms with E-state index in [4.69, 9.17) is 4.74 Å². The van der Waals surface area contributed by atoms with E-state index in [9.17, 15) is 4.79 Å². The Labute approximate surface area is 139 Å². The number of hydrogen-bond acceptors (Lipinski definition) is 5. The van der Waals surface area contributed by atoms with Crippen LogP contribution in [-0.4, -0.2) is 27.9 Å². The normalized spacial score (nSPS) is 13.5. The molecule has 2 aromatic rings. The van der Waals surface area contributed by atoms with Gasteiger partial charge in [0.25, 0.3) is 0 Å². The van der Waals surface area contributed by atoms with Crippen molar-refractivity contribution >= 4 is 22.5 Å². The number of nitrogens with one attached hydrogen (secondary N) is 2. The third kappa shape index (κ3) is 3.31. The van der Waals surface area contributed by atoms with Crippen LogP contribution in [0.15, 0.2) is 0 Å². The van der Waals surface area contributed by atoms with Gasteiger partial charge in [-0.2, -0.15) is 5.10 Å². The van der Waals surface area contributed by atoms with Crippen molar-refractivity contribution in [3.63, 3.8) is 0 Å². The first kappa shape index (κ1) is 15.8. The molecule has 2 amide bonds. The number of aryl methyl sites for hydroxylation is 4. The van der Waals surface area contributed by atoms with E-state index in [1.807, 2.05) is 14.0 Å². The molecule has 0 fully saturated rings. The van der Waals surface area contributed by atoms with E-state index in [1.54, 1.807) is 23.1 Å². The fourth-order valence-electron chi connectivity index (χ4n) is 2.86. The van der Waals surface area contributed by atoms with Crippen LogP contribution in [0.4, 0.5) is 9.93 Å². The van der Waals surface area contributed by atoms with Gasteiger partial charge < -0.3 is 10.1 Å². The van der Waals surface area contributed by atoms with Crippen molar-refractivity contribution in [3.05, 3.63) is 21.8 Å². The minimum atomic E-state index is -0.263. The lowest BCUT2D eigenvalue weighted by Crippen LogP contribution is -2.28. The molecule has 124 valence electrons. The molecule has 0 saturated heterocycles. The van der Waals surface area contributed by atoms with Crippen molar-refractivity contribution in [3.8, 4) is 5.88 Å². The maximum Gasteiger partial charge on any atom is 0.321 e. The first-order chi connectivity index (χ1) is 11.1. The van der Waals surface area contributed by atoms with Gasteiger partial charge in [0, 0.05) is 11.9 Å². The van der Waals surface area contributed by atoms with Gasteiger partial charge in [0.1, 0.15) is 0 Å². The molecule has 3 rings (SSSR count). The number of thiazole rings is 1. The van der Waals surface area contributed by atoms with Gasteiger partial charge >= 0.3 is 6.03 Å². The summed E-state index contributed by atoms with van der Waals surface area (Å²) in [6.45, 7) is 2.26. The van der Waals surface area contributed by atoms with Crippen molar-refractivity contribution in [2.45, 2.75) is 39.2 Å². The Morgan fingerprint density at radius 3 is 2.91 bits per heavy atom. The number of ether oxygens (including phenoxy) is 1. The minimum absolute atomic E-state index is 0.263. The average Bonchev–Trinajstić information content (AvgIpc) is 3.04. The number of carbonyl (C=O) groups is 1. The minimum Gasteiger partial charge on any atom is -0.481 e. The zero-order valence-electron chi connectivity index (χ0n) is 13.6. The highest BCUT2D eigenvalue weighted by atomic mass is 32.1. The number of carbonyl (C=O) groups excluding carboxylic acids is 1. The second-order valence-corrected chi connectivity index (χ2v) is 6.68. The van der Waals surface area contributed by atoms with Crippen LogP contribution in [0, 0.1) is 6.92 Å². The molecule has 2 aromatic heterocycles. The molecule has 8 heteroatoms. The fraction of sp³-hybridized carbons (Fsp3) is 0.533. The monoisotopic (exact) mass is 335 g/mol. The second-order valence-electron chi connectivity index (χ2n) is 5.60. The summed E-state index contributed by atoms with van der Waals surface area (Å²) in [5, 5.41) is 10.6. The van der Waals surface area contributed by atoms with Crippen LogP contribution < -0.4 is 15.4 Å². The molecule has 0 spiro atoms. The maximum absolute atomic E-state index is 12.1. The van der Waals surface area contributed by atoms with E-state index in [0.717, 1.165) is 29.8 Å². The maximum atomic E-state index is 12.1. The summed E-state index contributed by atoms with van der Waals surface area (Å²) in [6, 6.07) is -0.263. The SMILES string of the molecule is COc1c(CNC(=O)Nc2nc3c(s2)CCCC3)c(C)nn1C. The summed E-state index contributed by atoms with van der Waals surface area (Å²) in [4.78, 5) is 17.9. The standard InChI is InChI=1S/C15H21N5O2S/c1-9-10(13(22-3)20(2)19-9)8-16-14(21)18-15-17-11-6-4-5-7-12(11)23-15/h4-8H2,1-3H3,(H2,16,17,18,21). The van der Waals surface area contributed by atoms with Gasteiger partial charge in [-0.1, -0.05) is 0 Å². The molecule has 0 aromatic carbocycles. The van der Waals surface area contributed by atoms with Gasteiger partial charge in [-0.3, -0.25) is 5.32 Å². The van der Waals surface area contributed by atoms with Gasteiger partial charge in [-0.25, -0.2) is 14.5 Å². The molecule has 1 aliphatic rings. The van der Waals surface area contributed by atoms with E-state index < -0.39 is 0 Å². The van der Waals surface area contributed by atoms with Crippen molar-refractivity contribution in [2.75, 3.05) is 12.4 Å². The number of methoxy groups -OCH3 is 1. The number of nitrogens with zero attached hydrogens (tertiary/aromatic N) is 3. The number of amides is 2. The number of fused-ring (bicyclic) bond motifs is 1. The smallest absolute Gasteiger partial charge is 0.321 e. The van der Waals surface area contributed by atoms with Crippen LogP contribution in [-0.2, 0) is 26.4 Å². The molecule has 0 atom stereocenters. The number of rotatable bonds is 4. The van der Waals surface area contributed by atoms with Gasteiger partial charge in [0.2, 0.25) is 5.88 Å². The Bertz CT molecular complexity index is 698. The zero-order valence-corrected chi connectivity index (χ0v) is 14.4. The molecule has 0 aliphatic heterocycles. The predicted molar refractivity (Wildman–Crippen MR) is 89.1 cm³/mol. The van der Waals surface area contributed by atoms with Crippen molar-refractivity contribution < 1.29 is 9.53 Å². The van der Waals surface area contributed by atoms with Gasteiger partial charge in [0.15, 0.2) is 5.13 Å². The van der Waals surface area contributed by atoms with Crippen LogP contribution in [0.1, 0.15) is 34.7 Å². The first-order valence-corrected chi connectivity index (χ1v) is 8.50. The molecule has 2 heterocycles. The summed E-state index contributed by atoms with van der Waals surface area (Å²) in [5.74, 6) is 0.660. The fourth-order valence-corrected chi connectivity index (χ4v) is 3.90. The van der Waals surface area contributed by atoms with Crippen LogP contribution >= 0.6 is 11.3 Å². The molecular formula is C15H21N5O2S. The largest absolute Gasteiger partial charge is 0.481 e. The van der Waals surface area contributed by atoms with E-state index in [1.165, 1.54) is 17.7 Å². The van der Waals surface area contributed by atoms with E-state index in [2.05, 4.69) is 20.7 Å². The summed E-state index contributed by atoms with van der Waals surface area (Å²) in [6.07, 6.45) is 4.48. The summed E-state index contributed by atoms with van der Waals surface area (Å²) < 4.78 is 6.99. The lowest BCUT2D eigenvalue weighted by atomic mass is 10.0. The number of hydrogen-bond donors (Lipinski definition) is 2. The van der Waals surface area contributed by atoms with Crippen LogP contribution in [0.3, 0.4) is 0 Å². The summed E-state index contributed by atoms with van der Waals surface area (Å²) in [5.41, 5.74) is 2.86. The Hall–Kier alpha value is -2.09. The molecule has 1 aliphatic carbocycles. The third-order valence-corrected chi connectivity index (χ3v) is 5.05. The van der Waals surface area contributed by atoms with Gasteiger partial charge in [0.05, 0.1) is 30.6 Å². The Balaban J connectivity index is 1.61. The quantitative estimate of drug-likeness (QED) is 0.899. The highest BCUT2D eigenvalue weighted by Crippen LogP contribution is 2.29. The molecule has 2 N–H and O–H groups in total. The number of urea groups is 1. The van der Waals surface area contributed by atoms with E-state index in [-0.39, 0.29) is 6.03 Å². The Morgan fingerprint density at radius 2 is 2.17 bits per heavy atom. The average molecular weight is 335 g/mol. The molecule has 0 unspecified atom stereocenters. The molecule has 0 radical (unpaired) electrons. The van der Waals surface area contributed by atoms with Crippen molar-refractivity contribution in [2.24, 2.45) is 7.05 Å². The molecule has 23 heavy (non-hydrogen) atoms. The van der Waals surface area contributed by atoms with Crippen LogP contribution in [0.25, 0.3) is 0 Å². The lowest BCUT2D eigenvalue weighted by Gasteiger charge is -2.07. The van der Waals surface area contributed by atoms with Gasteiger partial charge in [-0.05, 0) is 32.6 Å². The highest BCUT2D eigenvalue weighted by Gasteiger charge is 2.17. The molecule has 7 nitrogen and oxygen atoms in total. The van der Waals surface area contributed by atoms with Gasteiger partial charge in [-0.15, -0.1) is 11.3 Å². The topological polar surface area (TPSA) is 81.1 Å². The number of aromatic nitrogens is 3. The zero-order chi connectivity index (χ0) is 16.4. The molecular weight excluding hydrogens is 314 g/mol. The summed E-state index contributed by atoms with van der Waals surface area (Å²) in [7, 11) is 3.41. The van der Waals surface area contributed by atoms with Crippen molar-refractivity contribution in [1.82, 2.24) is 20.1 Å². The second kappa shape index (κ2) is 6.57. The first-order valence-electron chi connectivity index (χ1n) is 7.68. The Morgan fingerprint density at radius 1 is 1.39 bits per heavy atom. The van der Waals surface area contributed by atoms with Crippen LogP contribution in [0.2, 0.25) is 0 Å². The van der Waals surface area contributed by atoms with E-state index in [0.29, 0.717) is 17.6 Å². The Kier molecular flexibility index (Phi) is 4.51. The predicted octanol–water partition coefficient (Wildman–Crippen LogP) is 2.39.